The predicted octanol–water partition coefficient (Wildman–Crippen LogP) is 3.68. The molecule has 1 aliphatic heterocycles. The molecule has 0 N–H and O–H groups in total. The number of pyridine rings is 1. The first-order valence-electron chi connectivity index (χ1n) is 8.53. The molecule has 2 aromatic rings. The van der Waals surface area contributed by atoms with E-state index in [0.717, 1.165) is 36.4 Å². The van der Waals surface area contributed by atoms with E-state index in [0.29, 0.717) is 11.5 Å². The van der Waals surface area contributed by atoms with Crippen molar-refractivity contribution in [2.45, 2.75) is 53.0 Å². The van der Waals surface area contributed by atoms with Gasteiger partial charge in [0, 0.05) is 18.8 Å². The molecule has 2 unspecified atom stereocenters. The smallest absolute Gasteiger partial charge is 0.273 e. The van der Waals surface area contributed by atoms with Crippen LogP contribution in [0.25, 0.3) is 5.65 Å². The van der Waals surface area contributed by atoms with Crippen molar-refractivity contribution in [1.82, 2.24) is 14.3 Å². The van der Waals surface area contributed by atoms with Crippen molar-refractivity contribution in [2.24, 2.45) is 10.8 Å². The molecule has 0 radical (unpaired) electrons. The van der Waals surface area contributed by atoms with Crippen LogP contribution >= 0.6 is 0 Å². The first-order chi connectivity index (χ1) is 10.8. The number of aromatic nitrogens is 2. The molecule has 4 heteroatoms. The molecule has 2 aliphatic rings. The maximum Gasteiger partial charge on any atom is 0.273 e. The van der Waals surface area contributed by atoms with Gasteiger partial charge >= 0.3 is 0 Å². The molecule has 2 aromatic heterocycles. The molecule has 0 spiro atoms. The Balaban J connectivity index is 1.74. The third-order valence-corrected chi connectivity index (χ3v) is 5.58. The highest BCUT2D eigenvalue weighted by Crippen LogP contribution is 2.52. The summed E-state index contributed by atoms with van der Waals surface area (Å²) in [5.74, 6) is 0.146. The molecule has 1 amide bonds. The number of carbonyl (C=O) groups excluding carboxylic acids is 1. The van der Waals surface area contributed by atoms with Crippen molar-refractivity contribution in [3.63, 3.8) is 0 Å². The van der Waals surface area contributed by atoms with Gasteiger partial charge in [0.05, 0.1) is 5.69 Å². The van der Waals surface area contributed by atoms with Gasteiger partial charge in [-0.15, -0.1) is 0 Å². The van der Waals surface area contributed by atoms with Gasteiger partial charge in [0.15, 0.2) is 0 Å². The SMILES string of the molecule is Cc1nc2ccccn2c1C(=O)N1CC2(C)CC1CC(C)(C)C2. The summed E-state index contributed by atoms with van der Waals surface area (Å²) < 4.78 is 1.94. The van der Waals surface area contributed by atoms with Gasteiger partial charge in [-0.1, -0.05) is 26.8 Å². The minimum absolute atomic E-state index is 0.146. The van der Waals surface area contributed by atoms with Gasteiger partial charge < -0.3 is 4.90 Å². The van der Waals surface area contributed by atoms with Gasteiger partial charge in [-0.05, 0) is 49.1 Å². The average Bonchev–Trinajstić information content (AvgIpc) is 2.90. The zero-order valence-electron chi connectivity index (χ0n) is 14.5. The summed E-state index contributed by atoms with van der Waals surface area (Å²) >= 11 is 0. The lowest BCUT2D eigenvalue weighted by Gasteiger charge is -2.39. The number of carbonyl (C=O) groups is 1. The second-order valence-electron chi connectivity index (χ2n) is 8.62. The molecule has 23 heavy (non-hydrogen) atoms. The number of amides is 1. The molecule has 1 saturated heterocycles. The third-order valence-electron chi connectivity index (χ3n) is 5.58. The van der Waals surface area contributed by atoms with Crippen molar-refractivity contribution in [2.75, 3.05) is 6.54 Å². The first kappa shape index (κ1) is 14.7. The van der Waals surface area contributed by atoms with Crippen LogP contribution in [-0.4, -0.2) is 32.8 Å². The highest BCUT2D eigenvalue weighted by molar-refractivity contribution is 5.95. The summed E-state index contributed by atoms with van der Waals surface area (Å²) in [4.78, 5) is 20.0. The minimum atomic E-state index is 0.146. The van der Waals surface area contributed by atoms with Gasteiger partial charge in [-0.3, -0.25) is 9.20 Å². The van der Waals surface area contributed by atoms with Crippen molar-refractivity contribution >= 4 is 11.6 Å². The van der Waals surface area contributed by atoms with E-state index in [4.69, 9.17) is 0 Å². The monoisotopic (exact) mass is 311 g/mol. The molecule has 1 saturated carbocycles. The van der Waals surface area contributed by atoms with E-state index in [1.165, 1.54) is 6.42 Å². The quantitative estimate of drug-likeness (QED) is 0.805. The van der Waals surface area contributed by atoms with E-state index in [1.54, 1.807) is 0 Å². The Labute approximate surface area is 137 Å². The lowest BCUT2D eigenvalue weighted by molar-refractivity contribution is 0.0700. The maximum absolute atomic E-state index is 13.3. The maximum atomic E-state index is 13.3. The van der Waals surface area contributed by atoms with Crippen molar-refractivity contribution in [3.8, 4) is 0 Å². The number of likely N-dealkylation sites (tertiary alicyclic amines) is 1. The Hall–Kier alpha value is -1.84. The fraction of sp³-hybridized carbons (Fsp3) is 0.579. The molecule has 2 atom stereocenters. The lowest BCUT2D eigenvalue weighted by Crippen LogP contribution is -2.38. The number of nitrogens with zero attached hydrogens (tertiary/aromatic N) is 3. The van der Waals surface area contributed by atoms with Crippen molar-refractivity contribution in [1.29, 1.82) is 0 Å². The Morgan fingerprint density at radius 1 is 1.26 bits per heavy atom. The summed E-state index contributed by atoms with van der Waals surface area (Å²) in [6, 6.07) is 6.24. The third kappa shape index (κ3) is 2.27. The van der Waals surface area contributed by atoms with Crippen LogP contribution < -0.4 is 0 Å². The number of hydrogen-bond acceptors (Lipinski definition) is 2. The van der Waals surface area contributed by atoms with Crippen LogP contribution in [0.5, 0.6) is 0 Å². The summed E-state index contributed by atoms with van der Waals surface area (Å²) in [6.45, 7) is 9.83. The van der Waals surface area contributed by atoms with E-state index < -0.39 is 0 Å². The minimum Gasteiger partial charge on any atom is -0.334 e. The second kappa shape index (κ2) is 4.59. The number of rotatable bonds is 1. The Bertz CT molecular complexity index is 791. The van der Waals surface area contributed by atoms with Crippen molar-refractivity contribution in [3.05, 3.63) is 35.8 Å². The van der Waals surface area contributed by atoms with Gasteiger partial charge in [0.2, 0.25) is 0 Å². The first-order valence-corrected chi connectivity index (χ1v) is 8.53. The zero-order valence-corrected chi connectivity index (χ0v) is 14.5. The number of imidazole rings is 1. The lowest BCUT2D eigenvalue weighted by atomic mass is 9.65. The fourth-order valence-corrected chi connectivity index (χ4v) is 5.20. The topological polar surface area (TPSA) is 37.6 Å². The molecule has 3 heterocycles. The van der Waals surface area contributed by atoms with Crippen LogP contribution in [0.4, 0.5) is 0 Å². The molecular weight excluding hydrogens is 286 g/mol. The summed E-state index contributed by atoms with van der Waals surface area (Å²) in [5.41, 5.74) is 2.99. The highest BCUT2D eigenvalue weighted by atomic mass is 16.2. The number of hydrogen-bond donors (Lipinski definition) is 0. The van der Waals surface area contributed by atoms with Gasteiger partial charge in [-0.25, -0.2) is 4.98 Å². The normalized spacial score (nSPS) is 29.2. The standard InChI is InChI=1S/C19H25N3O/c1-13-16(21-8-6-5-7-15(21)20-13)17(23)22-12-19(4)10-14(22)9-18(2,3)11-19/h5-8,14H,9-12H2,1-4H3. The fourth-order valence-electron chi connectivity index (χ4n) is 5.20. The van der Waals surface area contributed by atoms with E-state index in [2.05, 4.69) is 30.7 Å². The molecule has 4 rings (SSSR count). The van der Waals surface area contributed by atoms with Crippen LogP contribution in [0.3, 0.4) is 0 Å². The van der Waals surface area contributed by atoms with Gasteiger partial charge in [-0.2, -0.15) is 0 Å². The summed E-state index contributed by atoms with van der Waals surface area (Å²) in [7, 11) is 0. The van der Waals surface area contributed by atoms with Gasteiger partial charge in [0.25, 0.3) is 5.91 Å². The molecule has 1 aliphatic carbocycles. The van der Waals surface area contributed by atoms with E-state index in [9.17, 15) is 4.79 Å². The summed E-state index contributed by atoms with van der Waals surface area (Å²) in [6.07, 6.45) is 5.38. The zero-order chi connectivity index (χ0) is 16.4. The molecular formula is C19H25N3O. The molecule has 122 valence electrons. The van der Waals surface area contributed by atoms with Gasteiger partial charge in [0.1, 0.15) is 11.3 Å². The summed E-state index contributed by atoms with van der Waals surface area (Å²) in [5, 5.41) is 0. The van der Waals surface area contributed by atoms with Crippen LogP contribution in [0.1, 0.15) is 56.2 Å². The Morgan fingerprint density at radius 3 is 2.83 bits per heavy atom. The Kier molecular flexibility index (Phi) is 2.94. The van der Waals surface area contributed by atoms with E-state index in [1.807, 2.05) is 35.7 Å². The Morgan fingerprint density at radius 2 is 2.04 bits per heavy atom. The molecule has 0 aromatic carbocycles. The van der Waals surface area contributed by atoms with Crippen LogP contribution in [0.15, 0.2) is 24.4 Å². The average molecular weight is 311 g/mol. The van der Waals surface area contributed by atoms with Crippen LogP contribution in [-0.2, 0) is 0 Å². The van der Waals surface area contributed by atoms with E-state index in [-0.39, 0.29) is 11.3 Å². The predicted molar refractivity (Wildman–Crippen MR) is 90.5 cm³/mol. The highest BCUT2D eigenvalue weighted by Gasteiger charge is 2.51. The second-order valence-corrected chi connectivity index (χ2v) is 8.62. The number of aryl methyl sites for hydroxylation is 1. The number of fused-ring (bicyclic) bond motifs is 3. The largest absolute Gasteiger partial charge is 0.334 e. The molecule has 4 nitrogen and oxygen atoms in total. The van der Waals surface area contributed by atoms with Crippen LogP contribution in [0.2, 0.25) is 0 Å². The van der Waals surface area contributed by atoms with E-state index >= 15 is 0 Å². The molecule has 2 fully saturated rings. The molecule has 2 bridgehead atoms. The van der Waals surface area contributed by atoms with Crippen molar-refractivity contribution < 1.29 is 4.79 Å². The van der Waals surface area contributed by atoms with Crippen LogP contribution in [0, 0.1) is 17.8 Å².